The Morgan fingerprint density at radius 3 is 2.57 bits per heavy atom. The van der Waals surface area contributed by atoms with Crippen LogP contribution in [0, 0.1) is 6.92 Å². The van der Waals surface area contributed by atoms with E-state index in [2.05, 4.69) is 36.5 Å². The minimum Gasteiger partial charge on any atom is -0.311 e. The molecule has 1 aromatic carbocycles. The Morgan fingerprint density at radius 2 is 1.93 bits per heavy atom. The monoisotopic (exact) mass is 187 g/mol. The SMILES string of the molecule is Cc1ccc(C2CCNC23CC3)cc1. The lowest BCUT2D eigenvalue weighted by Crippen LogP contribution is -2.27. The van der Waals surface area contributed by atoms with Crippen LogP contribution in [0.2, 0.25) is 0 Å². The average Bonchev–Trinajstić information content (AvgIpc) is 2.82. The quantitative estimate of drug-likeness (QED) is 0.712. The Balaban J connectivity index is 1.91. The Bertz CT molecular complexity index is 335. The molecule has 2 aliphatic rings. The second kappa shape index (κ2) is 2.83. The molecule has 1 saturated carbocycles. The summed E-state index contributed by atoms with van der Waals surface area (Å²) in [5.41, 5.74) is 3.41. The molecule has 1 nitrogen and oxygen atoms in total. The van der Waals surface area contributed by atoms with Crippen molar-refractivity contribution in [3.05, 3.63) is 35.4 Å². The van der Waals surface area contributed by atoms with Crippen molar-refractivity contribution in [2.45, 2.75) is 37.6 Å². The molecule has 3 rings (SSSR count). The number of benzene rings is 1. The number of aryl methyl sites for hydroxylation is 1. The van der Waals surface area contributed by atoms with Crippen LogP contribution in [0.5, 0.6) is 0 Å². The van der Waals surface area contributed by atoms with Crippen LogP contribution in [0.1, 0.15) is 36.3 Å². The molecule has 0 amide bonds. The summed E-state index contributed by atoms with van der Waals surface area (Å²) in [5, 5.41) is 3.67. The van der Waals surface area contributed by atoms with Crippen molar-refractivity contribution in [2.24, 2.45) is 0 Å². The van der Waals surface area contributed by atoms with E-state index in [9.17, 15) is 0 Å². The smallest absolute Gasteiger partial charge is 0.0251 e. The van der Waals surface area contributed by atoms with E-state index in [-0.39, 0.29) is 0 Å². The Hall–Kier alpha value is -0.820. The molecule has 1 heterocycles. The highest BCUT2D eigenvalue weighted by molar-refractivity contribution is 5.32. The van der Waals surface area contributed by atoms with Crippen LogP contribution in [0.3, 0.4) is 0 Å². The molecule has 1 atom stereocenters. The lowest BCUT2D eigenvalue weighted by atomic mass is 9.90. The second-order valence-electron chi connectivity index (χ2n) is 4.83. The molecule has 14 heavy (non-hydrogen) atoms. The van der Waals surface area contributed by atoms with Crippen molar-refractivity contribution in [3.8, 4) is 0 Å². The zero-order valence-electron chi connectivity index (χ0n) is 8.72. The molecule has 1 N–H and O–H groups in total. The first-order chi connectivity index (χ1) is 6.80. The lowest BCUT2D eigenvalue weighted by molar-refractivity contribution is 0.535. The van der Waals surface area contributed by atoms with E-state index < -0.39 is 0 Å². The minimum absolute atomic E-state index is 0.509. The third-order valence-electron chi connectivity index (χ3n) is 3.85. The van der Waals surface area contributed by atoms with Gasteiger partial charge < -0.3 is 5.32 Å². The fourth-order valence-electron chi connectivity index (χ4n) is 2.81. The molecule has 1 heteroatoms. The maximum atomic E-state index is 3.67. The Labute approximate surface area is 85.5 Å². The lowest BCUT2D eigenvalue weighted by Gasteiger charge is -2.18. The molecule has 1 aromatic rings. The minimum atomic E-state index is 0.509. The third-order valence-corrected chi connectivity index (χ3v) is 3.85. The molecular weight excluding hydrogens is 170 g/mol. The number of hydrogen-bond acceptors (Lipinski definition) is 1. The fraction of sp³-hybridized carbons (Fsp3) is 0.538. The highest BCUT2D eigenvalue weighted by atomic mass is 15.1. The van der Waals surface area contributed by atoms with Gasteiger partial charge in [0.05, 0.1) is 0 Å². The molecule has 74 valence electrons. The van der Waals surface area contributed by atoms with Crippen molar-refractivity contribution in [3.63, 3.8) is 0 Å². The van der Waals surface area contributed by atoms with Gasteiger partial charge in [0.15, 0.2) is 0 Å². The standard InChI is InChI=1S/C13H17N/c1-10-2-4-11(5-3-10)12-6-9-14-13(12)7-8-13/h2-5,12,14H,6-9H2,1H3. The summed E-state index contributed by atoms with van der Waals surface area (Å²) in [6.07, 6.45) is 4.08. The van der Waals surface area contributed by atoms with Crippen LogP contribution in [0.25, 0.3) is 0 Å². The predicted molar refractivity (Wildman–Crippen MR) is 58.5 cm³/mol. The van der Waals surface area contributed by atoms with E-state index in [1.54, 1.807) is 0 Å². The van der Waals surface area contributed by atoms with Crippen molar-refractivity contribution >= 4 is 0 Å². The van der Waals surface area contributed by atoms with Crippen LogP contribution in [-0.4, -0.2) is 12.1 Å². The maximum absolute atomic E-state index is 3.67. The topological polar surface area (TPSA) is 12.0 Å². The van der Waals surface area contributed by atoms with E-state index in [1.807, 2.05) is 0 Å². The highest BCUT2D eigenvalue weighted by Crippen LogP contribution is 2.51. The summed E-state index contributed by atoms with van der Waals surface area (Å²) in [4.78, 5) is 0. The van der Waals surface area contributed by atoms with Crippen molar-refractivity contribution in [2.75, 3.05) is 6.54 Å². The Morgan fingerprint density at radius 1 is 1.21 bits per heavy atom. The molecule has 1 aliphatic heterocycles. The molecule has 1 spiro atoms. The molecule has 1 unspecified atom stereocenters. The van der Waals surface area contributed by atoms with Crippen LogP contribution in [-0.2, 0) is 0 Å². The van der Waals surface area contributed by atoms with Gasteiger partial charge >= 0.3 is 0 Å². The van der Waals surface area contributed by atoms with Gasteiger partial charge in [-0.05, 0) is 38.3 Å². The van der Waals surface area contributed by atoms with E-state index in [0.29, 0.717) is 5.54 Å². The zero-order valence-corrected chi connectivity index (χ0v) is 8.72. The fourth-order valence-corrected chi connectivity index (χ4v) is 2.81. The first-order valence-corrected chi connectivity index (χ1v) is 5.62. The molecule has 0 aromatic heterocycles. The van der Waals surface area contributed by atoms with Gasteiger partial charge in [-0.25, -0.2) is 0 Å². The van der Waals surface area contributed by atoms with Crippen LogP contribution in [0.4, 0.5) is 0 Å². The summed E-state index contributed by atoms with van der Waals surface area (Å²) in [6.45, 7) is 3.36. The van der Waals surface area contributed by atoms with Gasteiger partial charge in [-0.3, -0.25) is 0 Å². The van der Waals surface area contributed by atoms with Gasteiger partial charge in [0.1, 0.15) is 0 Å². The third kappa shape index (κ3) is 1.19. The van der Waals surface area contributed by atoms with Crippen molar-refractivity contribution < 1.29 is 0 Å². The highest BCUT2D eigenvalue weighted by Gasteiger charge is 2.52. The van der Waals surface area contributed by atoms with Crippen LogP contribution >= 0.6 is 0 Å². The first-order valence-electron chi connectivity index (χ1n) is 5.62. The predicted octanol–water partition coefficient (Wildman–Crippen LogP) is 2.60. The molecule has 0 bridgehead atoms. The molecule has 1 aliphatic carbocycles. The van der Waals surface area contributed by atoms with Crippen molar-refractivity contribution in [1.82, 2.24) is 5.32 Å². The Kier molecular flexibility index (Phi) is 1.72. The molecule has 1 saturated heterocycles. The van der Waals surface area contributed by atoms with Crippen LogP contribution in [0.15, 0.2) is 24.3 Å². The van der Waals surface area contributed by atoms with Crippen LogP contribution < -0.4 is 5.32 Å². The first kappa shape index (κ1) is 8.49. The average molecular weight is 187 g/mol. The summed E-state index contributed by atoms with van der Waals surface area (Å²) in [7, 11) is 0. The van der Waals surface area contributed by atoms with E-state index in [4.69, 9.17) is 0 Å². The summed E-state index contributed by atoms with van der Waals surface area (Å²) in [5.74, 6) is 0.781. The van der Waals surface area contributed by atoms with Gasteiger partial charge in [-0.1, -0.05) is 29.8 Å². The molecule has 0 radical (unpaired) electrons. The summed E-state index contributed by atoms with van der Waals surface area (Å²) in [6, 6.07) is 9.10. The van der Waals surface area contributed by atoms with Crippen molar-refractivity contribution in [1.29, 1.82) is 0 Å². The van der Waals surface area contributed by atoms with Gasteiger partial charge in [-0.2, -0.15) is 0 Å². The van der Waals surface area contributed by atoms with Gasteiger partial charge in [0.25, 0.3) is 0 Å². The zero-order chi connectivity index (χ0) is 9.60. The van der Waals surface area contributed by atoms with E-state index >= 15 is 0 Å². The summed E-state index contributed by atoms with van der Waals surface area (Å²) < 4.78 is 0. The maximum Gasteiger partial charge on any atom is 0.0251 e. The van der Waals surface area contributed by atoms with E-state index in [1.165, 1.54) is 36.9 Å². The number of nitrogens with one attached hydrogen (secondary N) is 1. The second-order valence-corrected chi connectivity index (χ2v) is 4.83. The number of rotatable bonds is 1. The normalized spacial score (nSPS) is 28.2. The number of hydrogen-bond donors (Lipinski definition) is 1. The largest absolute Gasteiger partial charge is 0.311 e. The van der Waals surface area contributed by atoms with Gasteiger partial charge in [0, 0.05) is 11.5 Å². The molecule has 2 fully saturated rings. The van der Waals surface area contributed by atoms with Gasteiger partial charge in [-0.15, -0.1) is 0 Å². The summed E-state index contributed by atoms with van der Waals surface area (Å²) >= 11 is 0. The molecular formula is C13H17N. The van der Waals surface area contributed by atoms with Gasteiger partial charge in [0.2, 0.25) is 0 Å². The van der Waals surface area contributed by atoms with E-state index in [0.717, 1.165) is 5.92 Å².